The third kappa shape index (κ3) is 10.3. The summed E-state index contributed by atoms with van der Waals surface area (Å²) in [6.07, 6.45) is 4.86. The SMILES string of the molecule is CCCCCN(Cc1ccc(Oc2ccccc2)cc1)C(=O)[C@H]1[C@@H](C(=O)O)[C@H](C(=O)O)[C@@H]1C(=O)N(CCCCC)Cc1ccc(Oc2ccccc2)cc1. The number of amides is 2. The van der Waals surface area contributed by atoms with E-state index in [1.54, 1.807) is 9.80 Å². The first-order valence-electron chi connectivity index (χ1n) is 18.9. The van der Waals surface area contributed by atoms with Gasteiger partial charge in [0.25, 0.3) is 0 Å². The Balaban J connectivity index is 1.39. The normalized spacial score (nSPS) is 17.5. The highest BCUT2D eigenvalue weighted by Gasteiger charge is 2.64. The molecule has 1 fully saturated rings. The molecule has 2 amide bonds. The van der Waals surface area contributed by atoms with Crippen LogP contribution in [0.3, 0.4) is 0 Å². The van der Waals surface area contributed by atoms with Crippen LogP contribution >= 0.6 is 0 Å². The fraction of sp³-hybridized carbons (Fsp3) is 0.364. The van der Waals surface area contributed by atoms with Gasteiger partial charge in [0.05, 0.1) is 23.7 Å². The molecule has 1 aliphatic rings. The molecule has 4 atom stereocenters. The number of aliphatic carboxylic acids is 2. The van der Waals surface area contributed by atoms with Crippen LogP contribution in [0.4, 0.5) is 0 Å². The fourth-order valence-electron chi connectivity index (χ4n) is 7.05. The molecule has 0 bridgehead atoms. The second-order valence-electron chi connectivity index (χ2n) is 13.8. The quantitative estimate of drug-likeness (QED) is 0.0863. The van der Waals surface area contributed by atoms with E-state index in [2.05, 4.69) is 0 Å². The second-order valence-corrected chi connectivity index (χ2v) is 13.8. The minimum atomic E-state index is -1.54. The summed E-state index contributed by atoms with van der Waals surface area (Å²) in [5, 5.41) is 20.6. The van der Waals surface area contributed by atoms with E-state index in [-0.39, 0.29) is 13.1 Å². The summed E-state index contributed by atoms with van der Waals surface area (Å²) in [5.74, 6) is -6.93. The van der Waals surface area contributed by atoms with Gasteiger partial charge in [-0.3, -0.25) is 19.2 Å². The van der Waals surface area contributed by atoms with Gasteiger partial charge in [0.15, 0.2) is 0 Å². The number of carboxylic acids is 2. The summed E-state index contributed by atoms with van der Waals surface area (Å²) in [4.78, 5) is 57.5. The van der Waals surface area contributed by atoms with E-state index in [0.29, 0.717) is 48.9 Å². The first-order chi connectivity index (χ1) is 26.2. The van der Waals surface area contributed by atoms with E-state index in [9.17, 15) is 29.4 Å². The number of nitrogens with zero attached hydrogens (tertiary/aromatic N) is 2. The minimum absolute atomic E-state index is 0.174. The van der Waals surface area contributed by atoms with Gasteiger partial charge in [-0.15, -0.1) is 0 Å². The van der Waals surface area contributed by atoms with Gasteiger partial charge in [0.1, 0.15) is 23.0 Å². The zero-order chi connectivity index (χ0) is 38.5. The first-order valence-corrected chi connectivity index (χ1v) is 18.9. The van der Waals surface area contributed by atoms with Crippen LogP contribution in [0.1, 0.15) is 63.5 Å². The Morgan fingerprint density at radius 2 is 0.815 bits per heavy atom. The number of hydrogen-bond acceptors (Lipinski definition) is 6. The lowest BCUT2D eigenvalue weighted by molar-refractivity contribution is -0.187. The lowest BCUT2D eigenvalue weighted by Gasteiger charge is -2.48. The van der Waals surface area contributed by atoms with Crippen LogP contribution in [-0.2, 0) is 32.3 Å². The predicted molar refractivity (Wildman–Crippen MR) is 205 cm³/mol. The molecule has 5 rings (SSSR count). The molecule has 0 radical (unpaired) electrons. The largest absolute Gasteiger partial charge is 0.481 e. The van der Waals surface area contributed by atoms with Crippen LogP contribution in [0.2, 0.25) is 0 Å². The molecule has 0 heterocycles. The summed E-state index contributed by atoms with van der Waals surface area (Å²) >= 11 is 0. The van der Waals surface area contributed by atoms with Gasteiger partial charge in [-0.2, -0.15) is 0 Å². The summed E-state index contributed by atoms with van der Waals surface area (Å²) in [6.45, 7) is 5.13. The molecule has 54 heavy (non-hydrogen) atoms. The Morgan fingerprint density at radius 1 is 0.481 bits per heavy atom. The molecular weight excluding hydrogens is 684 g/mol. The van der Waals surface area contributed by atoms with E-state index >= 15 is 0 Å². The van der Waals surface area contributed by atoms with Crippen molar-refractivity contribution in [2.24, 2.45) is 23.7 Å². The zero-order valence-electron chi connectivity index (χ0n) is 31.0. The lowest BCUT2D eigenvalue weighted by Crippen LogP contribution is -2.64. The standard InChI is InChI=1S/C44H50N2O8/c1-3-5-13-27-45(29-31-19-23-35(24-20-31)53-33-15-9-7-10-16-33)41(47)37-38(40(44(51)52)39(37)43(49)50)42(48)46(28-14-6-4-2)30-32-21-25-36(26-22-32)54-34-17-11-8-12-18-34/h7-12,15-26,37-40H,3-6,13-14,27-30H2,1-2H3,(H,49,50)(H,51,52)/t37-,38-,39-,40-/m1/s1. The number of carbonyl (C=O) groups is 4. The summed E-state index contributed by atoms with van der Waals surface area (Å²) in [6, 6.07) is 33.4. The molecule has 0 aromatic heterocycles. The molecule has 2 N–H and O–H groups in total. The van der Waals surface area contributed by atoms with Gasteiger partial charge >= 0.3 is 11.9 Å². The molecule has 10 heteroatoms. The van der Waals surface area contributed by atoms with Crippen molar-refractivity contribution in [2.45, 2.75) is 65.5 Å². The highest BCUT2D eigenvalue weighted by Crippen LogP contribution is 2.49. The monoisotopic (exact) mass is 734 g/mol. The molecule has 0 aliphatic heterocycles. The van der Waals surface area contributed by atoms with Gasteiger partial charge < -0.3 is 29.5 Å². The molecule has 1 saturated carbocycles. The maximum absolute atomic E-state index is 14.5. The number of benzene rings is 4. The maximum Gasteiger partial charge on any atom is 0.308 e. The molecule has 10 nitrogen and oxygen atoms in total. The minimum Gasteiger partial charge on any atom is -0.481 e. The van der Waals surface area contributed by atoms with E-state index in [1.165, 1.54) is 0 Å². The number of carboxylic acid groups (broad SMARTS) is 2. The van der Waals surface area contributed by atoms with Gasteiger partial charge in [0.2, 0.25) is 11.8 Å². The molecule has 284 valence electrons. The Morgan fingerprint density at radius 3 is 1.13 bits per heavy atom. The van der Waals surface area contributed by atoms with Crippen LogP contribution in [0.15, 0.2) is 109 Å². The Kier molecular flexibility index (Phi) is 14.2. The third-order valence-electron chi connectivity index (χ3n) is 9.93. The van der Waals surface area contributed by atoms with Crippen molar-refractivity contribution in [3.05, 3.63) is 120 Å². The Bertz CT molecular complexity index is 1680. The number of carbonyl (C=O) groups excluding carboxylic acids is 2. The van der Waals surface area contributed by atoms with Crippen LogP contribution < -0.4 is 9.47 Å². The van der Waals surface area contributed by atoms with Crippen LogP contribution in [-0.4, -0.2) is 56.9 Å². The van der Waals surface area contributed by atoms with Crippen LogP contribution in [0.25, 0.3) is 0 Å². The predicted octanol–water partition coefficient (Wildman–Crippen LogP) is 8.66. The highest BCUT2D eigenvalue weighted by atomic mass is 16.5. The number of hydrogen-bond donors (Lipinski definition) is 2. The average molecular weight is 735 g/mol. The topological polar surface area (TPSA) is 134 Å². The van der Waals surface area contributed by atoms with Crippen molar-refractivity contribution in [3.8, 4) is 23.0 Å². The van der Waals surface area contributed by atoms with E-state index in [0.717, 1.165) is 36.8 Å². The van der Waals surface area contributed by atoms with Crippen LogP contribution in [0, 0.1) is 23.7 Å². The van der Waals surface area contributed by atoms with Gasteiger partial charge in [-0.05, 0) is 72.5 Å². The van der Waals surface area contributed by atoms with Crippen molar-refractivity contribution in [1.29, 1.82) is 0 Å². The van der Waals surface area contributed by atoms with Crippen molar-refractivity contribution < 1.29 is 38.9 Å². The average Bonchev–Trinajstić information content (AvgIpc) is 3.15. The van der Waals surface area contributed by atoms with Crippen molar-refractivity contribution in [2.75, 3.05) is 13.1 Å². The number of unbranched alkanes of at least 4 members (excludes halogenated alkanes) is 4. The van der Waals surface area contributed by atoms with Gasteiger partial charge in [-0.25, -0.2) is 0 Å². The molecule has 0 saturated heterocycles. The molecule has 4 aromatic carbocycles. The number of ether oxygens (including phenoxy) is 2. The molecule has 0 unspecified atom stereocenters. The summed E-state index contributed by atoms with van der Waals surface area (Å²) in [5.41, 5.74) is 1.59. The van der Waals surface area contributed by atoms with Crippen molar-refractivity contribution in [3.63, 3.8) is 0 Å². The molecule has 4 aromatic rings. The van der Waals surface area contributed by atoms with Gasteiger partial charge in [-0.1, -0.05) is 100 Å². The maximum atomic E-state index is 14.5. The summed E-state index contributed by atoms with van der Waals surface area (Å²) < 4.78 is 11.9. The highest BCUT2D eigenvalue weighted by molar-refractivity contribution is 5.99. The zero-order valence-corrected chi connectivity index (χ0v) is 31.0. The molecule has 0 spiro atoms. The second kappa shape index (κ2) is 19.4. The molecular formula is C44H50N2O8. The Labute approximate surface area is 317 Å². The lowest BCUT2D eigenvalue weighted by atomic mass is 9.55. The van der Waals surface area contributed by atoms with Crippen molar-refractivity contribution in [1.82, 2.24) is 9.80 Å². The third-order valence-corrected chi connectivity index (χ3v) is 9.93. The van der Waals surface area contributed by atoms with Gasteiger partial charge in [0, 0.05) is 26.2 Å². The van der Waals surface area contributed by atoms with Crippen LogP contribution in [0.5, 0.6) is 23.0 Å². The fourth-order valence-corrected chi connectivity index (χ4v) is 7.05. The number of para-hydroxylation sites is 2. The summed E-state index contributed by atoms with van der Waals surface area (Å²) in [7, 11) is 0. The van der Waals surface area contributed by atoms with E-state index in [4.69, 9.17) is 9.47 Å². The van der Waals surface area contributed by atoms with E-state index in [1.807, 2.05) is 123 Å². The van der Waals surface area contributed by atoms with Crippen molar-refractivity contribution >= 4 is 23.8 Å². The van der Waals surface area contributed by atoms with E-state index < -0.39 is 47.4 Å². The Hall–Kier alpha value is -5.64. The number of rotatable bonds is 20. The molecule has 1 aliphatic carbocycles. The smallest absolute Gasteiger partial charge is 0.308 e. The first kappa shape index (κ1) is 39.6.